The molecule has 0 fully saturated rings. The van der Waals surface area contributed by atoms with Gasteiger partial charge in [0.05, 0.1) is 3.79 Å². The van der Waals surface area contributed by atoms with Crippen LogP contribution in [0.15, 0.2) is 68.2 Å². The summed E-state index contributed by atoms with van der Waals surface area (Å²) >= 11 is 4.36. The van der Waals surface area contributed by atoms with Gasteiger partial charge in [-0.05, 0) is 71.9 Å². The number of thiophene rings is 1. The fourth-order valence-electron chi connectivity index (χ4n) is 3.29. The first-order chi connectivity index (χ1) is 15.4. The summed E-state index contributed by atoms with van der Waals surface area (Å²) in [6, 6.07) is 8.12. The van der Waals surface area contributed by atoms with Crippen molar-refractivity contribution in [2.24, 2.45) is 0 Å². The summed E-state index contributed by atoms with van der Waals surface area (Å²) in [5, 5.41) is 13.1. The molecular formula is C22H24BrF3N2O3S2. The summed E-state index contributed by atoms with van der Waals surface area (Å²) in [5.41, 5.74) is -1.68. The third-order valence-corrected chi connectivity index (χ3v) is 8.80. The van der Waals surface area contributed by atoms with Gasteiger partial charge in [0.15, 0.2) is 5.60 Å². The third kappa shape index (κ3) is 6.69. The molecule has 11 heteroatoms. The van der Waals surface area contributed by atoms with Crippen LogP contribution in [0.3, 0.4) is 0 Å². The van der Waals surface area contributed by atoms with E-state index in [9.17, 15) is 26.7 Å². The molecule has 1 aromatic carbocycles. The fourth-order valence-corrected chi connectivity index (χ4v) is 6.43. The Labute approximate surface area is 203 Å². The Kier molecular flexibility index (Phi) is 8.11. The van der Waals surface area contributed by atoms with Gasteiger partial charge in [0.25, 0.3) is 0 Å². The maximum Gasteiger partial charge on any atom is 0.421 e. The molecule has 1 aliphatic rings. The highest BCUT2D eigenvalue weighted by Crippen LogP contribution is 2.38. The van der Waals surface area contributed by atoms with Crippen LogP contribution in [0.25, 0.3) is 0 Å². The van der Waals surface area contributed by atoms with E-state index in [0.717, 1.165) is 29.8 Å². The first-order valence-corrected chi connectivity index (χ1v) is 13.2. The van der Waals surface area contributed by atoms with Crippen molar-refractivity contribution < 1.29 is 26.7 Å². The third-order valence-electron chi connectivity index (χ3n) is 5.26. The predicted octanol–water partition coefficient (Wildman–Crippen LogP) is 5.71. The van der Waals surface area contributed by atoms with E-state index in [1.54, 1.807) is 6.07 Å². The van der Waals surface area contributed by atoms with Crippen LogP contribution in [0.1, 0.15) is 31.7 Å². The molecule has 3 N–H and O–H groups in total. The highest BCUT2D eigenvalue weighted by atomic mass is 79.9. The molecule has 1 aliphatic carbocycles. The maximum atomic E-state index is 13.1. The van der Waals surface area contributed by atoms with Gasteiger partial charge in [-0.3, -0.25) is 0 Å². The Balaban J connectivity index is 1.75. The monoisotopic (exact) mass is 564 g/mol. The molecule has 33 heavy (non-hydrogen) atoms. The lowest BCUT2D eigenvalue weighted by Crippen LogP contribution is -2.39. The fraction of sp³-hybridized carbons (Fsp3) is 0.364. The normalized spacial score (nSPS) is 17.3. The first kappa shape index (κ1) is 26.0. The Bertz CT molecular complexity index is 1120. The van der Waals surface area contributed by atoms with Gasteiger partial charge in [-0.1, -0.05) is 35.9 Å². The number of allylic oxidation sites excluding steroid dienone is 3. The second-order valence-electron chi connectivity index (χ2n) is 7.86. The van der Waals surface area contributed by atoms with E-state index in [4.69, 9.17) is 0 Å². The molecule has 2 atom stereocenters. The van der Waals surface area contributed by atoms with Gasteiger partial charge in [0.1, 0.15) is 4.21 Å². The van der Waals surface area contributed by atoms with Crippen molar-refractivity contribution in [3.05, 3.63) is 69.5 Å². The summed E-state index contributed by atoms with van der Waals surface area (Å²) in [5.74, 6) is 0. The zero-order valence-electron chi connectivity index (χ0n) is 17.7. The van der Waals surface area contributed by atoms with E-state index in [1.165, 1.54) is 30.3 Å². The number of hydrogen-bond acceptors (Lipinski definition) is 5. The molecule has 1 heterocycles. The molecule has 2 unspecified atom stereocenters. The molecule has 2 aromatic rings. The molecule has 0 saturated heterocycles. The van der Waals surface area contributed by atoms with Crippen molar-refractivity contribution in [3.63, 3.8) is 0 Å². The Morgan fingerprint density at radius 2 is 1.85 bits per heavy atom. The molecular weight excluding hydrogens is 541 g/mol. The van der Waals surface area contributed by atoms with Gasteiger partial charge in [0, 0.05) is 18.3 Å². The largest absolute Gasteiger partial charge is 0.421 e. The minimum absolute atomic E-state index is 0.0745. The number of sulfonamides is 1. The lowest BCUT2D eigenvalue weighted by atomic mass is 9.95. The first-order valence-electron chi connectivity index (χ1n) is 10.2. The van der Waals surface area contributed by atoms with Crippen LogP contribution in [0.5, 0.6) is 0 Å². The van der Waals surface area contributed by atoms with Crippen LogP contribution >= 0.6 is 27.3 Å². The molecule has 5 nitrogen and oxygen atoms in total. The van der Waals surface area contributed by atoms with Gasteiger partial charge in [-0.25, -0.2) is 13.1 Å². The standard InChI is InChI=1S/C22H24BrF3N2O3S2/c1-21(29,22(24,25)26)16-7-9-17(10-8-16)28-18(13-15-5-3-2-4-6-15)14-27-33(30,31)20-12-11-19(23)32-20/h3,5-12,18,27-29H,2,4,13-14H2,1H3. The molecule has 0 saturated carbocycles. The number of benzene rings is 1. The van der Waals surface area contributed by atoms with E-state index < -0.39 is 21.8 Å². The van der Waals surface area contributed by atoms with Gasteiger partial charge in [-0.2, -0.15) is 13.2 Å². The number of hydrogen-bond donors (Lipinski definition) is 3. The highest BCUT2D eigenvalue weighted by molar-refractivity contribution is 9.11. The van der Waals surface area contributed by atoms with Crippen LogP contribution in [0.4, 0.5) is 18.9 Å². The number of anilines is 1. The van der Waals surface area contributed by atoms with E-state index in [2.05, 4.69) is 32.0 Å². The zero-order chi connectivity index (χ0) is 24.3. The van der Waals surface area contributed by atoms with Crippen LogP contribution in [-0.4, -0.2) is 32.3 Å². The average molecular weight is 565 g/mol. The Morgan fingerprint density at radius 3 is 2.39 bits per heavy atom. The number of nitrogens with one attached hydrogen (secondary N) is 2. The lowest BCUT2D eigenvalue weighted by molar-refractivity contribution is -0.258. The predicted molar refractivity (Wildman–Crippen MR) is 128 cm³/mol. The van der Waals surface area contributed by atoms with Crippen molar-refractivity contribution in [3.8, 4) is 0 Å². The number of rotatable bonds is 9. The topological polar surface area (TPSA) is 78.4 Å². The molecule has 0 radical (unpaired) electrons. The SMILES string of the molecule is CC(O)(c1ccc(NC(CNS(=O)(=O)c2ccc(Br)s2)CC2=CCCC=C2)cc1)C(F)(F)F. The second-order valence-corrected chi connectivity index (χ2v) is 12.3. The summed E-state index contributed by atoms with van der Waals surface area (Å²) in [6.45, 7) is 0.781. The quantitative estimate of drug-likeness (QED) is 0.364. The molecule has 1 aromatic heterocycles. The van der Waals surface area contributed by atoms with Crippen molar-refractivity contribution in [1.82, 2.24) is 4.72 Å². The minimum Gasteiger partial charge on any atom is -0.381 e. The van der Waals surface area contributed by atoms with E-state index in [-0.39, 0.29) is 22.4 Å². The summed E-state index contributed by atoms with van der Waals surface area (Å²) in [4.78, 5) is 0. The van der Waals surface area contributed by atoms with Gasteiger partial charge in [0.2, 0.25) is 10.0 Å². The molecule has 0 spiro atoms. The average Bonchev–Trinajstić information content (AvgIpc) is 3.20. The Hall–Kier alpha value is -1.66. The molecule has 0 aliphatic heterocycles. The minimum atomic E-state index is -4.81. The van der Waals surface area contributed by atoms with Crippen molar-refractivity contribution in [2.45, 2.75) is 48.2 Å². The highest BCUT2D eigenvalue weighted by Gasteiger charge is 2.51. The molecule has 0 amide bonds. The van der Waals surface area contributed by atoms with Crippen LogP contribution in [0, 0.1) is 0 Å². The lowest BCUT2D eigenvalue weighted by Gasteiger charge is -2.27. The van der Waals surface area contributed by atoms with Gasteiger partial charge in [-0.15, -0.1) is 11.3 Å². The Morgan fingerprint density at radius 1 is 1.15 bits per heavy atom. The molecule has 0 bridgehead atoms. The van der Waals surface area contributed by atoms with Gasteiger partial charge < -0.3 is 10.4 Å². The van der Waals surface area contributed by atoms with Crippen molar-refractivity contribution >= 4 is 43.0 Å². The zero-order valence-corrected chi connectivity index (χ0v) is 20.9. The van der Waals surface area contributed by atoms with Crippen LogP contribution in [-0.2, 0) is 15.6 Å². The van der Waals surface area contributed by atoms with E-state index in [0.29, 0.717) is 22.8 Å². The van der Waals surface area contributed by atoms with E-state index in [1.807, 2.05) is 12.2 Å². The second kappa shape index (κ2) is 10.3. The number of alkyl halides is 3. The van der Waals surface area contributed by atoms with Crippen LogP contribution < -0.4 is 10.0 Å². The summed E-state index contributed by atoms with van der Waals surface area (Å²) in [6.07, 6.45) is 3.69. The maximum absolute atomic E-state index is 13.1. The van der Waals surface area contributed by atoms with Gasteiger partial charge >= 0.3 is 6.18 Å². The van der Waals surface area contributed by atoms with E-state index >= 15 is 0 Å². The summed E-state index contributed by atoms with van der Waals surface area (Å²) < 4.78 is 68.1. The van der Waals surface area contributed by atoms with Crippen LogP contribution in [0.2, 0.25) is 0 Å². The number of aliphatic hydroxyl groups is 1. The summed E-state index contributed by atoms with van der Waals surface area (Å²) in [7, 11) is -3.71. The molecule has 180 valence electrons. The number of halogens is 4. The molecule has 3 rings (SSSR count). The smallest absolute Gasteiger partial charge is 0.381 e. The van der Waals surface area contributed by atoms with Crippen molar-refractivity contribution in [1.29, 1.82) is 0 Å². The van der Waals surface area contributed by atoms with Crippen molar-refractivity contribution in [2.75, 3.05) is 11.9 Å².